The van der Waals surface area contributed by atoms with Gasteiger partial charge in [0.2, 0.25) is 0 Å². The summed E-state index contributed by atoms with van der Waals surface area (Å²) >= 11 is 0. The molecular weight excluding hydrogens is 307 g/mol. The molecule has 0 heterocycles. The van der Waals surface area contributed by atoms with Crippen LogP contribution < -0.4 is 0 Å². The molecule has 0 fully saturated rings. The van der Waals surface area contributed by atoms with Crippen LogP contribution in [0, 0.1) is 5.41 Å². The second-order valence-electron chi connectivity index (χ2n) is 5.32. The van der Waals surface area contributed by atoms with Crippen LogP contribution in [0.15, 0.2) is 23.5 Å². The minimum atomic E-state index is -3.76. The van der Waals surface area contributed by atoms with Crippen molar-refractivity contribution < 1.29 is 27.7 Å². The highest BCUT2D eigenvalue weighted by Gasteiger charge is 2.38. The van der Waals surface area contributed by atoms with Crippen molar-refractivity contribution in [2.24, 2.45) is 5.41 Å². The molecule has 6 nitrogen and oxygen atoms in total. The molecule has 0 N–H and O–H groups in total. The maximum absolute atomic E-state index is 12.5. The van der Waals surface area contributed by atoms with Crippen molar-refractivity contribution in [2.75, 3.05) is 19.8 Å². The van der Waals surface area contributed by atoms with Crippen molar-refractivity contribution in [3.05, 3.63) is 23.5 Å². The molecule has 22 heavy (non-hydrogen) atoms. The maximum atomic E-state index is 12.5. The zero-order valence-electron chi connectivity index (χ0n) is 13.9. The van der Waals surface area contributed by atoms with E-state index in [1.54, 1.807) is 26.8 Å². The first kappa shape index (κ1) is 18.9. The van der Waals surface area contributed by atoms with Gasteiger partial charge in [0.1, 0.15) is 5.76 Å². The number of ether oxygens (including phenoxy) is 1. The molecule has 1 rings (SSSR count). The van der Waals surface area contributed by atoms with Crippen molar-refractivity contribution >= 4 is 13.8 Å². The second kappa shape index (κ2) is 7.95. The van der Waals surface area contributed by atoms with E-state index in [4.69, 9.17) is 18.3 Å². The van der Waals surface area contributed by atoms with Crippen LogP contribution in [0.5, 0.6) is 0 Å². The molecular formula is C15H25O6P. The topological polar surface area (TPSA) is 71.1 Å². The molecule has 126 valence electrons. The average molecular weight is 332 g/mol. The summed E-state index contributed by atoms with van der Waals surface area (Å²) < 4.78 is 33.3. The minimum absolute atomic E-state index is 0.173. The number of hydrogen-bond acceptors (Lipinski definition) is 6. The van der Waals surface area contributed by atoms with Crippen LogP contribution in [0.1, 0.15) is 41.0 Å². The smallest absolute Gasteiger partial charge is 0.463 e. The lowest BCUT2D eigenvalue weighted by Gasteiger charge is -2.30. The summed E-state index contributed by atoms with van der Waals surface area (Å²) in [7, 11) is -3.76. The Labute approximate surface area is 132 Å². The minimum Gasteiger partial charge on any atom is -0.463 e. The normalized spacial score (nSPS) is 17.5. The zero-order chi connectivity index (χ0) is 16.8. The average Bonchev–Trinajstić information content (AvgIpc) is 2.38. The fraction of sp³-hybridized carbons (Fsp3) is 0.667. The van der Waals surface area contributed by atoms with Gasteiger partial charge in [0, 0.05) is 5.41 Å². The van der Waals surface area contributed by atoms with Gasteiger partial charge in [-0.3, -0.25) is 9.05 Å². The Bertz CT molecular complexity index is 496. The monoisotopic (exact) mass is 332 g/mol. The lowest BCUT2D eigenvalue weighted by Crippen LogP contribution is -2.27. The van der Waals surface area contributed by atoms with Gasteiger partial charge in [0.15, 0.2) is 0 Å². The van der Waals surface area contributed by atoms with Crippen LogP contribution in [0.4, 0.5) is 0 Å². The predicted octanol–water partition coefficient (Wildman–Crippen LogP) is 3.99. The third kappa shape index (κ3) is 4.70. The molecule has 1 aliphatic carbocycles. The number of esters is 1. The van der Waals surface area contributed by atoms with Gasteiger partial charge >= 0.3 is 13.8 Å². The van der Waals surface area contributed by atoms with Gasteiger partial charge in [-0.2, -0.15) is 0 Å². The van der Waals surface area contributed by atoms with E-state index in [1.807, 2.05) is 19.9 Å². The molecule has 0 atom stereocenters. The van der Waals surface area contributed by atoms with E-state index in [9.17, 15) is 9.36 Å². The van der Waals surface area contributed by atoms with Crippen molar-refractivity contribution in [1.82, 2.24) is 0 Å². The molecule has 1 aliphatic rings. The molecule has 0 spiro atoms. The summed E-state index contributed by atoms with van der Waals surface area (Å²) in [6.07, 6.45) is 4.13. The van der Waals surface area contributed by atoms with Gasteiger partial charge < -0.3 is 9.26 Å². The van der Waals surface area contributed by atoms with E-state index in [2.05, 4.69) is 0 Å². The summed E-state index contributed by atoms with van der Waals surface area (Å²) in [5.74, 6) is -0.300. The SMILES string of the molecule is CCOC(=O)C1=C(OP(=O)(OCC)OCC)C=CCC1(C)C. The van der Waals surface area contributed by atoms with Crippen LogP contribution in [0.3, 0.4) is 0 Å². The van der Waals surface area contributed by atoms with E-state index in [0.29, 0.717) is 12.0 Å². The molecule has 0 aromatic rings. The van der Waals surface area contributed by atoms with Gasteiger partial charge in [0.25, 0.3) is 0 Å². The molecule has 0 aromatic heterocycles. The summed E-state index contributed by atoms with van der Waals surface area (Å²) in [4.78, 5) is 12.3. The van der Waals surface area contributed by atoms with Crippen molar-refractivity contribution in [3.8, 4) is 0 Å². The Balaban J connectivity index is 3.21. The Kier molecular flexibility index (Phi) is 6.85. The highest BCUT2D eigenvalue weighted by atomic mass is 31.2. The third-order valence-corrected chi connectivity index (χ3v) is 4.65. The Morgan fingerprint density at radius 2 is 1.77 bits per heavy atom. The lowest BCUT2D eigenvalue weighted by molar-refractivity contribution is -0.140. The van der Waals surface area contributed by atoms with E-state index in [0.717, 1.165) is 0 Å². The first-order chi connectivity index (χ1) is 10.3. The Hall–Kier alpha value is -1.10. The second-order valence-corrected chi connectivity index (χ2v) is 6.92. The van der Waals surface area contributed by atoms with Gasteiger partial charge in [-0.05, 0) is 33.3 Å². The number of rotatable bonds is 8. The summed E-state index contributed by atoms with van der Waals surface area (Å²) in [6, 6.07) is 0. The molecule has 0 aromatic carbocycles. The Morgan fingerprint density at radius 3 is 2.27 bits per heavy atom. The number of carbonyl (C=O) groups is 1. The number of phosphoric ester groups is 1. The summed E-state index contributed by atoms with van der Waals surface area (Å²) in [5.41, 5.74) is -0.143. The molecule has 7 heteroatoms. The van der Waals surface area contributed by atoms with Crippen molar-refractivity contribution in [3.63, 3.8) is 0 Å². The maximum Gasteiger partial charge on any atom is 0.530 e. The Morgan fingerprint density at radius 1 is 1.18 bits per heavy atom. The van der Waals surface area contributed by atoms with Crippen molar-refractivity contribution in [1.29, 1.82) is 0 Å². The van der Waals surface area contributed by atoms with Crippen LogP contribution in [-0.4, -0.2) is 25.8 Å². The van der Waals surface area contributed by atoms with E-state index >= 15 is 0 Å². The molecule has 0 bridgehead atoms. The highest BCUT2D eigenvalue weighted by Crippen LogP contribution is 2.53. The molecule has 0 amide bonds. The summed E-state index contributed by atoms with van der Waals surface area (Å²) in [5, 5.41) is 0. The standard InChI is InChI=1S/C15H25O6P/c1-6-18-14(16)13-12(10-9-11-15(13,4)5)21-22(17,19-7-2)20-8-3/h9-10H,6-8,11H2,1-5H3. The van der Waals surface area contributed by atoms with Crippen molar-refractivity contribution in [2.45, 2.75) is 41.0 Å². The van der Waals surface area contributed by atoms with Gasteiger partial charge in [-0.1, -0.05) is 19.9 Å². The lowest BCUT2D eigenvalue weighted by atomic mass is 9.77. The van der Waals surface area contributed by atoms with Crippen LogP contribution in [0.25, 0.3) is 0 Å². The molecule has 0 saturated carbocycles. The number of allylic oxidation sites excluding steroid dienone is 2. The molecule has 0 unspecified atom stereocenters. The number of phosphoric acid groups is 1. The highest BCUT2D eigenvalue weighted by molar-refractivity contribution is 7.48. The fourth-order valence-corrected chi connectivity index (χ4v) is 3.37. The first-order valence-electron chi connectivity index (χ1n) is 7.46. The van der Waals surface area contributed by atoms with Crippen LogP contribution >= 0.6 is 7.82 Å². The number of carbonyl (C=O) groups excluding carboxylic acids is 1. The van der Waals surface area contributed by atoms with E-state index in [-0.39, 0.29) is 25.6 Å². The zero-order valence-corrected chi connectivity index (χ0v) is 14.8. The molecule has 0 saturated heterocycles. The molecule has 0 radical (unpaired) electrons. The van der Waals surface area contributed by atoms with E-state index < -0.39 is 19.2 Å². The largest absolute Gasteiger partial charge is 0.530 e. The summed E-state index contributed by atoms with van der Waals surface area (Å²) in [6.45, 7) is 9.52. The van der Waals surface area contributed by atoms with Crippen LogP contribution in [-0.2, 0) is 27.7 Å². The first-order valence-corrected chi connectivity index (χ1v) is 8.92. The predicted molar refractivity (Wildman–Crippen MR) is 83.1 cm³/mol. The van der Waals surface area contributed by atoms with Crippen LogP contribution in [0.2, 0.25) is 0 Å². The van der Waals surface area contributed by atoms with Gasteiger partial charge in [0.05, 0.1) is 25.4 Å². The third-order valence-electron chi connectivity index (χ3n) is 3.08. The molecule has 0 aliphatic heterocycles. The van der Waals surface area contributed by atoms with Gasteiger partial charge in [-0.25, -0.2) is 9.36 Å². The number of hydrogen-bond donors (Lipinski definition) is 0. The van der Waals surface area contributed by atoms with E-state index in [1.165, 1.54) is 0 Å². The van der Waals surface area contributed by atoms with Gasteiger partial charge in [-0.15, -0.1) is 0 Å². The quantitative estimate of drug-likeness (QED) is 0.494. The fourth-order valence-electron chi connectivity index (χ4n) is 2.16.